The summed E-state index contributed by atoms with van der Waals surface area (Å²) in [5, 5.41) is 18.6. The van der Waals surface area contributed by atoms with Crippen molar-refractivity contribution in [2.24, 2.45) is 0 Å². The van der Waals surface area contributed by atoms with Gasteiger partial charge in [-0.2, -0.15) is 0 Å². The molecule has 1 fully saturated rings. The predicted octanol–water partition coefficient (Wildman–Crippen LogP) is 3.12. The first-order valence-corrected chi connectivity index (χ1v) is 9.38. The highest BCUT2D eigenvalue weighted by molar-refractivity contribution is 5.79. The number of hydrogen-bond acceptors (Lipinski definition) is 3. The third kappa shape index (κ3) is 9.31. The maximum absolute atomic E-state index is 12.0. The van der Waals surface area contributed by atoms with Gasteiger partial charge in [0.2, 0.25) is 5.91 Å². The van der Waals surface area contributed by atoms with Crippen molar-refractivity contribution < 1.29 is 19.8 Å². The van der Waals surface area contributed by atoms with Gasteiger partial charge in [-0.25, -0.2) is 0 Å². The molecule has 1 amide bonds. The van der Waals surface area contributed by atoms with Crippen LogP contribution in [0, 0.1) is 11.8 Å². The minimum absolute atomic E-state index is 0.0721. The standard InChI is InChI=1S/C20H31NO4/c1-2-3-4-7-10-18(22)14-12-17-13-15-19(23)21(17)16-9-6-5-8-11-20(24)25/h12,14,17-18,22H,2,5-11,13,15-16H2,1H3,(H,24,25)/b14-12+/t17-,18?/m0/s1. The highest BCUT2D eigenvalue weighted by atomic mass is 16.4. The summed E-state index contributed by atoms with van der Waals surface area (Å²) in [5.41, 5.74) is 0. The summed E-state index contributed by atoms with van der Waals surface area (Å²) in [6.45, 7) is 2.71. The van der Waals surface area contributed by atoms with Gasteiger partial charge in [-0.1, -0.05) is 31.9 Å². The van der Waals surface area contributed by atoms with Crippen molar-refractivity contribution in [2.45, 2.75) is 83.3 Å². The topological polar surface area (TPSA) is 77.8 Å². The number of unbranched alkanes of at least 4 members (excludes halogenated alkanes) is 3. The van der Waals surface area contributed by atoms with E-state index in [4.69, 9.17) is 5.11 Å². The highest BCUT2D eigenvalue weighted by Crippen LogP contribution is 2.21. The van der Waals surface area contributed by atoms with Crippen molar-refractivity contribution in [3.63, 3.8) is 0 Å². The molecule has 2 atom stereocenters. The van der Waals surface area contributed by atoms with Crippen LogP contribution >= 0.6 is 0 Å². The number of rotatable bonds is 11. The lowest BCUT2D eigenvalue weighted by molar-refractivity contribution is -0.137. The summed E-state index contributed by atoms with van der Waals surface area (Å²) in [5.74, 6) is 5.42. The molecule has 0 spiro atoms. The van der Waals surface area contributed by atoms with Gasteiger partial charge in [-0.05, 0) is 25.7 Å². The highest BCUT2D eigenvalue weighted by Gasteiger charge is 2.28. The Kier molecular flexibility index (Phi) is 10.7. The molecule has 25 heavy (non-hydrogen) atoms. The molecule has 5 heteroatoms. The monoisotopic (exact) mass is 349 g/mol. The fourth-order valence-electron chi connectivity index (χ4n) is 2.94. The first-order valence-electron chi connectivity index (χ1n) is 9.38. The third-order valence-electron chi connectivity index (χ3n) is 4.34. The molecule has 1 aliphatic rings. The molecule has 1 heterocycles. The zero-order valence-electron chi connectivity index (χ0n) is 15.2. The average molecular weight is 349 g/mol. The van der Waals surface area contributed by atoms with E-state index >= 15 is 0 Å². The van der Waals surface area contributed by atoms with Crippen molar-refractivity contribution in [3.8, 4) is 11.8 Å². The number of aliphatic carboxylic acids is 1. The number of likely N-dealkylation sites (tertiary alicyclic amines) is 1. The summed E-state index contributed by atoms with van der Waals surface area (Å²) < 4.78 is 0. The third-order valence-corrected chi connectivity index (χ3v) is 4.34. The summed E-state index contributed by atoms with van der Waals surface area (Å²) in [6.07, 6.45) is 10.3. The van der Waals surface area contributed by atoms with Crippen LogP contribution in [-0.4, -0.2) is 45.7 Å². The fraction of sp³-hybridized carbons (Fsp3) is 0.700. The first-order chi connectivity index (χ1) is 12.0. The van der Waals surface area contributed by atoms with Gasteiger partial charge in [-0.3, -0.25) is 9.59 Å². The van der Waals surface area contributed by atoms with Gasteiger partial charge >= 0.3 is 5.97 Å². The molecule has 2 N–H and O–H groups in total. The molecule has 1 saturated heterocycles. The SMILES string of the molecule is CCC#CCCC(O)/C=C/[C@H]1CCC(=O)N1CCCCCCC(=O)O. The fourth-order valence-corrected chi connectivity index (χ4v) is 2.94. The van der Waals surface area contributed by atoms with E-state index in [9.17, 15) is 14.7 Å². The van der Waals surface area contributed by atoms with Crippen molar-refractivity contribution in [1.82, 2.24) is 4.90 Å². The van der Waals surface area contributed by atoms with Gasteiger partial charge in [0.1, 0.15) is 0 Å². The molecule has 0 aromatic rings. The quantitative estimate of drug-likeness (QED) is 0.341. The molecule has 1 unspecified atom stereocenters. The molecule has 1 aliphatic heterocycles. The number of amides is 1. The Labute approximate surface area is 151 Å². The number of hydrogen-bond donors (Lipinski definition) is 2. The predicted molar refractivity (Wildman–Crippen MR) is 97.9 cm³/mol. The molecule has 140 valence electrons. The number of aliphatic hydroxyl groups excluding tert-OH is 1. The average Bonchev–Trinajstić information content (AvgIpc) is 2.93. The van der Waals surface area contributed by atoms with Crippen LogP contribution in [0.1, 0.15) is 71.1 Å². The van der Waals surface area contributed by atoms with E-state index in [1.807, 2.05) is 17.9 Å². The van der Waals surface area contributed by atoms with Crippen LogP contribution in [0.4, 0.5) is 0 Å². The van der Waals surface area contributed by atoms with Gasteiger partial charge in [0.25, 0.3) is 0 Å². The lowest BCUT2D eigenvalue weighted by Crippen LogP contribution is -2.32. The van der Waals surface area contributed by atoms with Gasteiger partial charge in [0.05, 0.1) is 12.1 Å². The second-order valence-electron chi connectivity index (χ2n) is 6.45. The van der Waals surface area contributed by atoms with Crippen molar-refractivity contribution in [2.75, 3.05) is 6.54 Å². The number of carboxylic acids is 1. The Bertz CT molecular complexity index is 504. The molecular formula is C20H31NO4. The zero-order valence-corrected chi connectivity index (χ0v) is 15.2. The van der Waals surface area contributed by atoms with Gasteiger partial charge in [0, 0.05) is 32.2 Å². The molecular weight excluding hydrogens is 318 g/mol. The number of aliphatic hydroxyl groups is 1. The maximum Gasteiger partial charge on any atom is 0.303 e. The Morgan fingerprint density at radius 3 is 2.80 bits per heavy atom. The van der Waals surface area contributed by atoms with Crippen molar-refractivity contribution >= 4 is 11.9 Å². The Balaban J connectivity index is 2.31. The van der Waals surface area contributed by atoms with Crippen LogP contribution in [0.3, 0.4) is 0 Å². The summed E-state index contributed by atoms with van der Waals surface area (Å²) in [4.78, 5) is 24.4. The van der Waals surface area contributed by atoms with Crippen LogP contribution in [-0.2, 0) is 9.59 Å². The lowest BCUT2D eigenvalue weighted by atomic mass is 10.1. The molecule has 0 aromatic carbocycles. The summed E-state index contributed by atoms with van der Waals surface area (Å²) >= 11 is 0. The zero-order chi connectivity index (χ0) is 18.5. The normalized spacial score (nSPS) is 18.4. The Morgan fingerprint density at radius 1 is 1.32 bits per heavy atom. The maximum atomic E-state index is 12.0. The number of carbonyl (C=O) groups is 2. The molecule has 0 bridgehead atoms. The van der Waals surface area contributed by atoms with Crippen LogP contribution in [0.25, 0.3) is 0 Å². The molecule has 0 saturated carbocycles. The van der Waals surface area contributed by atoms with Crippen LogP contribution in [0.15, 0.2) is 12.2 Å². The second-order valence-corrected chi connectivity index (χ2v) is 6.45. The van der Waals surface area contributed by atoms with E-state index in [2.05, 4.69) is 11.8 Å². The first kappa shape index (κ1) is 21.2. The lowest BCUT2D eigenvalue weighted by Gasteiger charge is -2.22. The minimum atomic E-state index is -0.751. The Morgan fingerprint density at radius 2 is 2.08 bits per heavy atom. The van der Waals surface area contributed by atoms with E-state index < -0.39 is 12.1 Å². The Hall–Kier alpha value is -1.80. The number of carbonyl (C=O) groups excluding carboxylic acids is 1. The van der Waals surface area contributed by atoms with E-state index in [1.54, 1.807) is 6.08 Å². The van der Waals surface area contributed by atoms with E-state index in [-0.39, 0.29) is 18.4 Å². The molecule has 0 aliphatic carbocycles. The molecule has 1 rings (SSSR count). The van der Waals surface area contributed by atoms with Crippen molar-refractivity contribution in [3.05, 3.63) is 12.2 Å². The second kappa shape index (κ2) is 12.5. The van der Waals surface area contributed by atoms with Crippen LogP contribution in [0.5, 0.6) is 0 Å². The smallest absolute Gasteiger partial charge is 0.303 e. The summed E-state index contributed by atoms with van der Waals surface area (Å²) in [6, 6.07) is 0.0721. The van der Waals surface area contributed by atoms with Crippen LogP contribution in [0.2, 0.25) is 0 Å². The number of carboxylic acid groups (broad SMARTS) is 1. The summed E-state index contributed by atoms with van der Waals surface area (Å²) in [7, 11) is 0. The van der Waals surface area contributed by atoms with Crippen molar-refractivity contribution in [1.29, 1.82) is 0 Å². The number of nitrogens with zero attached hydrogens (tertiary/aromatic N) is 1. The molecule has 5 nitrogen and oxygen atoms in total. The van der Waals surface area contributed by atoms with Gasteiger partial charge in [-0.15, -0.1) is 11.8 Å². The van der Waals surface area contributed by atoms with Crippen LogP contribution < -0.4 is 0 Å². The van der Waals surface area contributed by atoms with E-state index in [0.29, 0.717) is 32.2 Å². The largest absolute Gasteiger partial charge is 0.481 e. The van der Waals surface area contributed by atoms with E-state index in [1.165, 1.54) is 0 Å². The van der Waals surface area contributed by atoms with Gasteiger partial charge < -0.3 is 15.1 Å². The molecule has 0 radical (unpaired) electrons. The molecule has 0 aromatic heterocycles. The van der Waals surface area contributed by atoms with Gasteiger partial charge in [0.15, 0.2) is 0 Å². The van der Waals surface area contributed by atoms with E-state index in [0.717, 1.165) is 32.1 Å². The minimum Gasteiger partial charge on any atom is -0.481 e.